The van der Waals surface area contributed by atoms with Gasteiger partial charge in [-0.25, -0.2) is 0 Å². The molecule has 0 bridgehead atoms. The SMILES string of the molecule is NC(=O)CCCC(N)=O.O=C1NCC12CCC(OCc1ccccc1)CC2. The zero-order valence-electron chi connectivity index (χ0n) is 15.6. The first-order valence-electron chi connectivity index (χ1n) is 9.42. The van der Waals surface area contributed by atoms with E-state index in [4.69, 9.17) is 16.2 Å². The predicted octanol–water partition coefficient (Wildman–Crippen LogP) is 1.39. The van der Waals surface area contributed by atoms with Crippen molar-refractivity contribution in [2.24, 2.45) is 16.9 Å². The average Bonchev–Trinajstić information content (AvgIpc) is 2.66. The minimum absolute atomic E-state index is 0.0351. The average molecular weight is 375 g/mol. The van der Waals surface area contributed by atoms with Crippen LogP contribution in [0.15, 0.2) is 30.3 Å². The van der Waals surface area contributed by atoms with Crippen LogP contribution in [-0.4, -0.2) is 30.4 Å². The van der Waals surface area contributed by atoms with Crippen LogP contribution in [0.1, 0.15) is 50.5 Å². The molecule has 1 heterocycles. The van der Waals surface area contributed by atoms with Crippen molar-refractivity contribution in [3.63, 3.8) is 0 Å². The van der Waals surface area contributed by atoms with E-state index in [9.17, 15) is 14.4 Å². The van der Waals surface area contributed by atoms with Crippen LogP contribution in [0.4, 0.5) is 0 Å². The lowest BCUT2D eigenvalue weighted by atomic mass is 9.68. The maximum absolute atomic E-state index is 11.5. The highest BCUT2D eigenvalue weighted by Gasteiger charge is 2.48. The first-order chi connectivity index (χ1) is 12.9. The summed E-state index contributed by atoms with van der Waals surface area (Å²) in [6, 6.07) is 10.3. The number of nitrogens with two attached hydrogens (primary N) is 2. The van der Waals surface area contributed by atoms with Crippen LogP contribution in [0.2, 0.25) is 0 Å². The van der Waals surface area contributed by atoms with E-state index >= 15 is 0 Å². The summed E-state index contributed by atoms with van der Waals surface area (Å²) in [5.74, 6) is -0.531. The Morgan fingerprint density at radius 3 is 2.11 bits per heavy atom. The molecule has 1 saturated carbocycles. The van der Waals surface area contributed by atoms with Crippen LogP contribution in [0.3, 0.4) is 0 Å². The maximum Gasteiger partial charge on any atom is 0.228 e. The second-order valence-electron chi connectivity index (χ2n) is 7.25. The van der Waals surface area contributed by atoms with Crippen LogP contribution in [0, 0.1) is 5.41 Å². The molecule has 0 radical (unpaired) electrons. The van der Waals surface area contributed by atoms with E-state index in [0.717, 1.165) is 32.2 Å². The van der Waals surface area contributed by atoms with E-state index in [-0.39, 0.29) is 24.2 Å². The van der Waals surface area contributed by atoms with Crippen molar-refractivity contribution in [3.05, 3.63) is 35.9 Å². The lowest BCUT2D eigenvalue weighted by Crippen LogP contribution is -2.60. The Labute approximate surface area is 159 Å². The summed E-state index contributed by atoms with van der Waals surface area (Å²) in [4.78, 5) is 31.6. The minimum Gasteiger partial charge on any atom is -0.374 e. The molecule has 1 aliphatic carbocycles. The van der Waals surface area contributed by atoms with Gasteiger partial charge in [-0.05, 0) is 37.7 Å². The van der Waals surface area contributed by atoms with Gasteiger partial charge in [0.05, 0.1) is 18.1 Å². The molecule has 5 N–H and O–H groups in total. The number of primary amides is 2. The van der Waals surface area contributed by atoms with Crippen LogP contribution in [-0.2, 0) is 25.7 Å². The summed E-state index contributed by atoms with van der Waals surface area (Å²) in [6.45, 7) is 1.56. The number of carbonyl (C=O) groups is 3. The molecule has 0 atom stereocenters. The summed E-state index contributed by atoms with van der Waals surface area (Å²) in [5, 5.41) is 2.86. The smallest absolute Gasteiger partial charge is 0.228 e. The third kappa shape index (κ3) is 6.67. The molecule has 1 spiro atoms. The molecule has 1 aliphatic heterocycles. The van der Waals surface area contributed by atoms with Gasteiger partial charge in [-0.2, -0.15) is 0 Å². The fourth-order valence-electron chi connectivity index (χ4n) is 3.35. The van der Waals surface area contributed by atoms with E-state index in [0.29, 0.717) is 19.1 Å². The van der Waals surface area contributed by atoms with Gasteiger partial charge in [-0.1, -0.05) is 30.3 Å². The Bertz CT molecular complexity index is 626. The van der Waals surface area contributed by atoms with Crippen molar-refractivity contribution in [1.82, 2.24) is 5.32 Å². The number of rotatable bonds is 7. The highest BCUT2D eigenvalue weighted by atomic mass is 16.5. The van der Waals surface area contributed by atoms with Crippen LogP contribution in [0.25, 0.3) is 0 Å². The highest BCUT2D eigenvalue weighted by Crippen LogP contribution is 2.41. The van der Waals surface area contributed by atoms with Crippen molar-refractivity contribution in [2.75, 3.05) is 6.54 Å². The minimum atomic E-state index is -0.392. The molecule has 0 aromatic heterocycles. The Kier molecular flexibility index (Phi) is 7.79. The second kappa shape index (κ2) is 10.1. The van der Waals surface area contributed by atoms with Crippen LogP contribution >= 0.6 is 0 Å². The van der Waals surface area contributed by atoms with Crippen molar-refractivity contribution >= 4 is 17.7 Å². The van der Waals surface area contributed by atoms with Gasteiger partial charge < -0.3 is 21.5 Å². The van der Waals surface area contributed by atoms with E-state index in [1.54, 1.807) is 0 Å². The molecule has 1 aromatic rings. The van der Waals surface area contributed by atoms with Crippen molar-refractivity contribution in [3.8, 4) is 0 Å². The number of carbonyl (C=O) groups excluding carboxylic acids is 3. The maximum atomic E-state index is 11.5. The number of nitrogens with one attached hydrogen (secondary N) is 1. The first-order valence-corrected chi connectivity index (χ1v) is 9.42. The molecule has 1 aromatic carbocycles. The Hall–Kier alpha value is -2.41. The van der Waals surface area contributed by atoms with Crippen molar-refractivity contribution in [1.29, 1.82) is 0 Å². The van der Waals surface area contributed by atoms with Crippen LogP contribution < -0.4 is 16.8 Å². The monoisotopic (exact) mass is 375 g/mol. The molecule has 1 saturated heterocycles. The molecular formula is C20H29N3O4. The Morgan fingerprint density at radius 2 is 1.67 bits per heavy atom. The molecule has 148 valence electrons. The molecule has 7 heteroatoms. The van der Waals surface area contributed by atoms with E-state index in [1.807, 2.05) is 18.2 Å². The largest absolute Gasteiger partial charge is 0.374 e. The molecule has 2 aliphatic rings. The molecule has 7 nitrogen and oxygen atoms in total. The van der Waals surface area contributed by atoms with E-state index in [2.05, 4.69) is 17.4 Å². The third-order valence-corrected chi connectivity index (χ3v) is 5.13. The summed E-state index contributed by atoms with van der Waals surface area (Å²) < 4.78 is 5.93. The quantitative estimate of drug-likeness (QED) is 0.623. The molecule has 3 amide bonds. The van der Waals surface area contributed by atoms with E-state index < -0.39 is 11.8 Å². The standard InChI is InChI=1S/C15H19NO2.C5H10N2O2/c17-14-15(11-16-14)8-6-13(7-9-15)18-10-12-4-2-1-3-5-12;6-4(8)2-1-3-5(7)9/h1-5,13H,6-11H2,(H,16,17);1-3H2,(H2,6,8)(H2,7,9). The first kappa shape index (κ1) is 20.9. The van der Waals surface area contributed by atoms with Crippen molar-refractivity contribution in [2.45, 2.75) is 57.7 Å². The fourth-order valence-corrected chi connectivity index (χ4v) is 3.35. The van der Waals surface area contributed by atoms with Gasteiger partial charge in [0.25, 0.3) is 0 Å². The van der Waals surface area contributed by atoms with Gasteiger partial charge in [0.2, 0.25) is 17.7 Å². The molecule has 27 heavy (non-hydrogen) atoms. The molecule has 3 rings (SSSR count). The second-order valence-corrected chi connectivity index (χ2v) is 7.25. The number of β-lactam (4-membered cyclic amide) rings is 1. The third-order valence-electron chi connectivity index (χ3n) is 5.13. The molecule has 0 unspecified atom stereocenters. The summed E-state index contributed by atoms with van der Waals surface area (Å²) in [5.41, 5.74) is 10.8. The normalized spacial score (nSPS) is 23.6. The van der Waals surface area contributed by atoms with Gasteiger partial charge in [0, 0.05) is 19.4 Å². The molecular weight excluding hydrogens is 346 g/mol. The summed E-state index contributed by atoms with van der Waals surface area (Å²) in [6.07, 6.45) is 5.26. The Morgan fingerprint density at radius 1 is 1.07 bits per heavy atom. The number of hydrogen-bond acceptors (Lipinski definition) is 4. The van der Waals surface area contributed by atoms with Crippen molar-refractivity contribution < 1.29 is 19.1 Å². The Balaban J connectivity index is 0.000000249. The van der Waals surface area contributed by atoms with Gasteiger partial charge in [0.1, 0.15) is 0 Å². The fraction of sp³-hybridized carbons (Fsp3) is 0.550. The number of hydrogen-bond donors (Lipinski definition) is 3. The van der Waals surface area contributed by atoms with Crippen LogP contribution in [0.5, 0.6) is 0 Å². The summed E-state index contributed by atoms with van der Waals surface area (Å²) in [7, 11) is 0. The molecule has 2 fully saturated rings. The van der Waals surface area contributed by atoms with Gasteiger partial charge in [0.15, 0.2) is 0 Å². The predicted molar refractivity (Wildman–Crippen MR) is 101 cm³/mol. The number of benzene rings is 1. The van der Waals surface area contributed by atoms with Gasteiger partial charge >= 0.3 is 0 Å². The lowest BCUT2D eigenvalue weighted by molar-refractivity contribution is -0.145. The number of ether oxygens (including phenoxy) is 1. The van der Waals surface area contributed by atoms with Gasteiger partial charge in [-0.3, -0.25) is 14.4 Å². The topological polar surface area (TPSA) is 125 Å². The van der Waals surface area contributed by atoms with E-state index in [1.165, 1.54) is 5.56 Å². The summed E-state index contributed by atoms with van der Waals surface area (Å²) >= 11 is 0. The number of amides is 3. The zero-order chi connectivity index (χ0) is 19.7. The zero-order valence-corrected chi connectivity index (χ0v) is 15.6. The lowest BCUT2D eigenvalue weighted by Gasteiger charge is -2.45. The highest BCUT2D eigenvalue weighted by molar-refractivity contribution is 5.88. The van der Waals surface area contributed by atoms with Gasteiger partial charge in [-0.15, -0.1) is 0 Å².